The molecule has 5 nitrogen and oxygen atoms in total. The Morgan fingerprint density at radius 2 is 1.76 bits per heavy atom. The van der Waals surface area contributed by atoms with Gasteiger partial charge in [-0.15, -0.1) is 0 Å². The maximum atomic E-state index is 12.4. The first-order valence-corrected chi connectivity index (χ1v) is 10.4. The summed E-state index contributed by atoms with van der Waals surface area (Å²) in [6.45, 7) is 7.10. The number of carbonyl (C=O) groups is 1. The van der Waals surface area contributed by atoms with Crippen molar-refractivity contribution in [2.45, 2.75) is 20.3 Å². The molecule has 2 aromatic carbocycles. The molecule has 0 spiro atoms. The number of nitrogens with zero attached hydrogens (tertiary/aromatic N) is 4. The van der Waals surface area contributed by atoms with Crippen molar-refractivity contribution in [1.29, 1.82) is 0 Å². The van der Waals surface area contributed by atoms with Gasteiger partial charge in [-0.2, -0.15) is 0 Å². The van der Waals surface area contributed by atoms with Crippen molar-refractivity contribution < 1.29 is 4.79 Å². The molecular weight excluding hydrogens is 384 g/mol. The normalized spacial score (nSPS) is 14.6. The minimum Gasteiger partial charge on any atom is -0.352 e. The molecule has 1 aliphatic heterocycles. The van der Waals surface area contributed by atoms with Crippen molar-refractivity contribution in [2.75, 3.05) is 31.1 Å². The van der Waals surface area contributed by atoms with Crippen LogP contribution in [0.4, 0.5) is 5.82 Å². The summed E-state index contributed by atoms with van der Waals surface area (Å²) in [5.74, 6) is 2.21. The Hall–Kier alpha value is -2.66. The van der Waals surface area contributed by atoms with Crippen LogP contribution < -0.4 is 4.90 Å². The molecule has 0 bridgehead atoms. The number of benzene rings is 2. The van der Waals surface area contributed by atoms with Crippen molar-refractivity contribution >= 4 is 34.2 Å². The summed E-state index contributed by atoms with van der Waals surface area (Å²) in [6.07, 6.45) is 0.604. The van der Waals surface area contributed by atoms with Crippen LogP contribution >= 0.6 is 11.6 Å². The highest BCUT2D eigenvalue weighted by molar-refractivity contribution is 6.31. The minimum atomic E-state index is 0.240. The van der Waals surface area contributed by atoms with Crippen LogP contribution in [-0.2, 0) is 4.79 Å². The highest BCUT2D eigenvalue weighted by Gasteiger charge is 2.24. The van der Waals surface area contributed by atoms with Gasteiger partial charge in [0.15, 0.2) is 5.82 Å². The van der Waals surface area contributed by atoms with Crippen LogP contribution in [0, 0.1) is 5.92 Å². The van der Waals surface area contributed by atoms with E-state index in [9.17, 15) is 4.79 Å². The third-order valence-corrected chi connectivity index (χ3v) is 5.42. The number of rotatable bonds is 4. The number of halogens is 1. The summed E-state index contributed by atoms with van der Waals surface area (Å²) in [5.41, 5.74) is 1.81. The fourth-order valence-corrected chi connectivity index (χ4v) is 3.86. The van der Waals surface area contributed by atoms with E-state index in [0.717, 1.165) is 35.4 Å². The second kappa shape index (κ2) is 8.37. The number of aromatic nitrogens is 2. The predicted octanol–water partition coefficient (Wildman–Crippen LogP) is 4.64. The number of hydrogen-bond acceptors (Lipinski definition) is 4. The molecule has 1 saturated heterocycles. The summed E-state index contributed by atoms with van der Waals surface area (Å²) >= 11 is 6.23. The van der Waals surface area contributed by atoms with Crippen molar-refractivity contribution in [3.8, 4) is 11.4 Å². The molecule has 3 aromatic rings. The fraction of sp³-hybridized carbons (Fsp3) is 0.348. The Labute approximate surface area is 176 Å². The first-order chi connectivity index (χ1) is 14.0. The van der Waals surface area contributed by atoms with Crippen LogP contribution in [0.1, 0.15) is 20.3 Å². The first kappa shape index (κ1) is 19.6. The summed E-state index contributed by atoms with van der Waals surface area (Å²) in [7, 11) is 0. The highest BCUT2D eigenvalue weighted by Crippen LogP contribution is 2.30. The van der Waals surface area contributed by atoms with E-state index in [1.807, 2.05) is 53.4 Å². The lowest BCUT2D eigenvalue weighted by atomic mass is 10.1. The van der Waals surface area contributed by atoms with Gasteiger partial charge < -0.3 is 9.80 Å². The first-order valence-electron chi connectivity index (χ1n) is 10.1. The molecular formula is C23H25ClN4O. The summed E-state index contributed by atoms with van der Waals surface area (Å²) in [6, 6.07) is 15.7. The van der Waals surface area contributed by atoms with Gasteiger partial charge in [0, 0.05) is 48.6 Å². The zero-order chi connectivity index (χ0) is 20.4. The SMILES string of the molecule is CC(C)CC(=O)N1CCN(c2nc(-c3ccccc3)nc3cc(Cl)ccc23)CC1. The number of piperazine rings is 1. The van der Waals surface area contributed by atoms with Gasteiger partial charge in [-0.05, 0) is 24.1 Å². The van der Waals surface area contributed by atoms with E-state index in [2.05, 4.69) is 18.7 Å². The summed E-state index contributed by atoms with van der Waals surface area (Å²) < 4.78 is 0. The Morgan fingerprint density at radius 1 is 1.03 bits per heavy atom. The van der Waals surface area contributed by atoms with Crippen LogP contribution in [0.15, 0.2) is 48.5 Å². The van der Waals surface area contributed by atoms with Crippen molar-refractivity contribution in [1.82, 2.24) is 14.9 Å². The predicted molar refractivity (Wildman–Crippen MR) is 118 cm³/mol. The lowest BCUT2D eigenvalue weighted by molar-refractivity contribution is -0.132. The van der Waals surface area contributed by atoms with E-state index in [1.54, 1.807) is 0 Å². The Balaban J connectivity index is 1.66. The molecule has 1 aliphatic rings. The second-order valence-corrected chi connectivity index (χ2v) is 8.30. The molecule has 0 N–H and O–H groups in total. The number of fused-ring (bicyclic) bond motifs is 1. The van der Waals surface area contributed by atoms with Gasteiger partial charge in [-0.25, -0.2) is 9.97 Å². The number of anilines is 1. The zero-order valence-electron chi connectivity index (χ0n) is 16.8. The third kappa shape index (κ3) is 4.35. The molecule has 1 amide bonds. The van der Waals surface area contributed by atoms with Crippen LogP contribution in [0.5, 0.6) is 0 Å². The number of carbonyl (C=O) groups excluding carboxylic acids is 1. The third-order valence-electron chi connectivity index (χ3n) is 5.19. The van der Waals surface area contributed by atoms with E-state index in [0.29, 0.717) is 36.3 Å². The molecule has 6 heteroatoms. The Morgan fingerprint density at radius 3 is 2.45 bits per heavy atom. The monoisotopic (exact) mass is 408 g/mol. The van der Waals surface area contributed by atoms with Crippen LogP contribution in [-0.4, -0.2) is 47.0 Å². The molecule has 0 aliphatic carbocycles. The van der Waals surface area contributed by atoms with Crippen LogP contribution in [0.2, 0.25) is 5.02 Å². The maximum Gasteiger partial charge on any atom is 0.222 e. The number of amides is 1. The molecule has 0 atom stereocenters. The fourth-order valence-electron chi connectivity index (χ4n) is 3.69. The summed E-state index contributed by atoms with van der Waals surface area (Å²) in [5, 5.41) is 1.64. The van der Waals surface area contributed by atoms with E-state index in [4.69, 9.17) is 21.6 Å². The Bertz CT molecular complexity index is 1010. The molecule has 1 aromatic heterocycles. The average Bonchev–Trinajstić information content (AvgIpc) is 2.73. The van der Waals surface area contributed by atoms with Gasteiger partial charge in [0.25, 0.3) is 0 Å². The molecule has 1 fully saturated rings. The largest absolute Gasteiger partial charge is 0.352 e. The van der Waals surface area contributed by atoms with E-state index in [1.165, 1.54) is 0 Å². The van der Waals surface area contributed by atoms with Crippen LogP contribution in [0.3, 0.4) is 0 Å². The topological polar surface area (TPSA) is 49.3 Å². The minimum absolute atomic E-state index is 0.240. The lowest BCUT2D eigenvalue weighted by Gasteiger charge is -2.36. The second-order valence-electron chi connectivity index (χ2n) is 7.86. The average molecular weight is 409 g/mol. The summed E-state index contributed by atoms with van der Waals surface area (Å²) in [4.78, 5) is 26.3. The van der Waals surface area contributed by atoms with Gasteiger partial charge in [0.1, 0.15) is 5.82 Å². The lowest BCUT2D eigenvalue weighted by Crippen LogP contribution is -2.49. The molecule has 0 saturated carbocycles. The molecule has 150 valence electrons. The number of hydrogen-bond donors (Lipinski definition) is 0. The molecule has 4 rings (SSSR count). The quantitative estimate of drug-likeness (QED) is 0.630. The highest BCUT2D eigenvalue weighted by atomic mass is 35.5. The van der Waals surface area contributed by atoms with Crippen molar-refractivity contribution in [3.63, 3.8) is 0 Å². The van der Waals surface area contributed by atoms with Gasteiger partial charge in [-0.3, -0.25) is 4.79 Å². The molecule has 29 heavy (non-hydrogen) atoms. The van der Waals surface area contributed by atoms with E-state index < -0.39 is 0 Å². The van der Waals surface area contributed by atoms with Gasteiger partial charge in [0.2, 0.25) is 5.91 Å². The van der Waals surface area contributed by atoms with E-state index in [-0.39, 0.29) is 5.91 Å². The standard InChI is InChI=1S/C23H25ClN4O/c1-16(2)14-21(29)27-10-12-28(13-11-27)23-19-9-8-18(24)15-20(19)25-22(26-23)17-6-4-3-5-7-17/h3-9,15-16H,10-14H2,1-2H3. The van der Waals surface area contributed by atoms with Crippen LogP contribution in [0.25, 0.3) is 22.3 Å². The molecule has 2 heterocycles. The van der Waals surface area contributed by atoms with Gasteiger partial charge in [-0.1, -0.05) is 55.8 Å². The van der Waals surface area contributed by atoms with Gasteiger partial charge >= 0.3 is 0 Å². The Kier molecular flexibility index (Phi) is 5.67. The van der Waals surface area contributed by atoms with E-state index >= 15 is 0 Å². The maximum absolute atomic E-state index is 12.4. The zero-order valence-corrected chi connectivity index (χ0v) is 17.6. The van der Waals surface area contributed by atoms with Crippen molar-refractivity contribution in [3.05, 3.63) is 53.6 Å². The molecule has 0 unspecified atom stereocenters. The smallest absolute Gasteiger partial charge is 0.222 e. The van der Waals surface area contributed by atoms with Crippen molar-refractivity contribution in [2.24, 2.45) is 5.92 Å². The molecule has 0 radical (unpaired) electrons. The van der Waals surface area contributed by atoms with Gasteiger partial charge in [0.05, 0.1) is 5.52 Å².